The summed E-state index contributed by atoms with van der Waals surface area (Å²) in [4.78, 5) is 23.5. The minimum atomic E-state index is -5.07. The van der Waals surface area contributed by atoms with Crippen molar-refractivity contribution in [1.82, 2.24) is 14.9 Å². The summed E-state index contributed by atoms with van der Waals surface area (Å²) in [5, 5.41) is 12.0. The Balaban J connectivity index is 1.61. The lowest BCUT2D eigenvalue weighted by Crippen LogP contribution is -2.30. The van der Waals surface area contributed by atoms with Gasteiger partial charge in [0.15, 0.2) is 0 Å². The second-order valence-electron chi connectivity index (χ2n) is 6.63. The molecule has 2 amide bonds. The topological polar surface area (TPSA) is 130 Å². The molecule has 0 unspecified atom stereocenters. The fourth-order valence-electron chi connectivity index (χ4n) is 2.44. The molecule has 0 atom stereocenters. The van der Waals surface area contributed by atoms with Crippen molar-refractivity contribution in [1.29, 1.82) is 0 Å². The van der Waals surface area contributed by atoms with E-state index in [1.54, 1.807) is 17.4 Å². The van der Waals surface area contributed by atoms with Crippen LogP contribution in [0.5, 0.6) is 0 Å². The average Bonchev–Trinajstić information content (AvgIpc) is 3.19. The summed E-state index contributed by atoms with van der Waals surface area (Å²) in [7, 11) is -3.77. The van der Waals surface area contributed by atoms with Crippen LogP contribution in [0.1, 0.15) is 20.9 Å². The lowest BCUT2D eigenvalue weighted by Gasteiger charge is -2.09. The Hall–Kier alpha value is -3.36. The molecule has 33 heavy (non-hydrogen) atoms. The summed E-state index contributed by atoms with van der Waals surface area (Å²) in [5.74, 6) is -2.87. The molecule has 0 aliphatic heterocycles. The monoisotopic (exact) mass is 499 g/mol. The van der Waals surface area contributed by atoms with Crippen molar-refractivity contribution in [2.45, 2.75) is 24.5 Å². The number of amides is 2. The minimum absolute atomic E-state index is 0.0354. The quantitative estimate of drug-likeness (QED) is 0.458. The van der Waals surface area contributed by atoms with Crippen LogP contribution in [-0.4, -0.2) is 36.6 Å². The number of sulfonamides is 1. The smallest absolute Gasteiger partial charge is 0.318 e. The summed E-state index contributed by atoms with van der Waals surface area (Å²) < 4.78 is 64.2. The van der Waals surface area contributed by atoms with Gasteiger partial charge in [0, 0.05) is 11.3 Å². The normalized spacial score (nSPS) is 11.8. The maximum absolute atomic E-state index is 12.4. The fraction of sp³-hybridized carbons (Fsp3) is 0.158. The molecule has 3 N–H and O–H groups in total. The van der Waals surface area contributed by atoms with Gasteiger partial charge in [0.25, 0.3) is 5.91 Å². The maximum atomic E-state index is 12.4. The number of alkyl halides is 3. The van der Waals surface area contributed by atoms with Gasteiger partial charge < -0.3 is 5.32 Å². The number of anilines is 2. The first-order valence-corrected chi connectivity index (χ1v) is 11.4. The number of nitrogens with zero attached hydrogens (tertiary/aromatic N) is 2. The van der Waals surface area contributed by atoms with E-state index in [2.05, 4.69) is 20.2 Å². The SMILES string of the molecule is Cc1ccc(S(=O)(=O)NCc2nnc(NC(=O)c3cccc(NC(=O)C(F)(F)F)c3)s2)cc1. The van der Waals surface area contributed by atoms with Gasteiger partial charge in [0.05, 0.1) is 11.4 Å². The van der Waals surface area contributed by atoms with Crippen molar-refractivity contribution in [2.75, 3.05) is 10.6 Å². The molecule has 1 heterocycles. The van der Waals surface area contributed by atoms with E-state index in [0.717, 1.165) is 23.0 Å². The molecule has 0 bridgehead atoms. The summed E-state index contributed by atoms with van der Waals surface area (Å²) in [6.45, 7) is 1.67. The number of rotatable bonds is 7. The Morgan fingerprint density at radius 2 is 1.73 bits per heavy atom. The molecule has 0 aliphatic carbocycles. The van der Waals surface area contributed by atoms with Crippen molar-refractivity contribution >= 4 is 44.0 Å². The highest BCUT2D eigenvalue weighted by molar-refractivity contribution is 7.89. The first-order valence-electron chi connectivity index (χ1n) is 9.12. The number of aryl methyl sites for hydroxylation is 1. The zero-order chi connectivity index (χ0) is 24.2. The van der Waals surface area contributed by atoms with Crippen LogP contribution in [-0.2, 0) is 21.4 Å². The van der Waals surface area contributed by atoms with E-state index in [1.807, 2.05) is 6.92 Å². The van der Waals surface area contributed by atoms with Crippen molar-refractivity contribution in [3.63, 3.8) is 0 Å². The molecule has 9 nitrogen and oxygen atoms in total. The Morgan fingerprint density at radius 3 is 2.39 bits per heavy atom. The molecule has 0 saturated heterocycles. The highest BCUT2D eigenvalue weighted by atomic mass is 32.2. The third-order valence-corrected chi connectivity index (χ3v) is 6.33. The van der Waals surface area contributed by atoms with Crippen LogP contribution in [0.3, 0.4) is 0 Å². The summed E-state index contributed by atoms with van der Waals surface area (Å²) in [6, 6.07) is 11.2. The van der Waals surface area contributed by atoms with Gasteiger partial charge in [-0.3, -0.25) is 14.9 Å². The van der Waals surface area contributed by atoms with Gasteiger partial charge in [-0.05, 0) is 37.3 Å². The Bertz CT molecular complexity index is 1280. The van der Waals surface area contributed by atoms with E-state index in [4.69, 9.17) is 0 Å². The standard InChI is InChI=1S/C19H16F3N5O4S2/c1-11-5-7-14(8-6-11)33(30,31)23-10-15-26-27-18(32-15)25-16(28)12-3-2-4-13(9-12)24-17(29)19(20,21)22/h2-9,23H,10H2,1H3,(H,24,29)(H,25,27,28). The van der Waals surface area contributed by atoms with Crippen molar-refractivity contribution in [3.05, 3.63) is 64.7 Å². The summed E-state index contributed by atoms with van der Waals surface area (Å²) >= 11 is 0.913. The highest BCUT2D eigenvalue weighted by Crippen LogP contribution is 2.21. The molecule has 0 aliphatic rings. The predicted octanol–water partition coefficient (Wildman–Crippen LogP) is 3.08. The Labute approximate surface area is 190 Å². The zero-order valence-electron chi connectivity index (χ0n) is 16.8. The van der Waals surface area contributed by atoms with Gasteiger partial charge >= 0.3 is 12.1 Å². The van der Waals surface area contributed by atoms with Crippen molar-refractivity contribution in [2.24, 2.45) is 0 Å². The van der Waals surface area contributed by atoms with E-state index in [0.29, 0.717) is 0 Å². The van der Waals surface area contributed by atoms with Crippen LogP contribution in [0.4, 0.5) is 24.0 Å². The number of carbonyl (C=O) groups is 2. The molecular weight excluding hydrogens is 483 g/mol. The van der Waals surface area contributed by atoms with Crippen LogP contribution in [0.15, 0.2) is 53.4 Å². The van der Waals surface area contributed by atoms with Crippen LogP contribution in [0, 0.1) is 6.92 Å². The lowest BCUT2D eigenvalue weighted by molar-refractivity contribution is -0.167. The largest absolute Gasteiger partial charge is 0.471 e. The number of hydrogen-bond donors (Lipinski definition) is 3. The van der Waals surface area contributed by atoms with E-state index in [9.17, 15) is 31.2 Å². The third kappa shape index (κ3) is 6.57. The molecule has 3 rings (SSSR count). The van der Waals surface area contributed by atoms with Gasteiger partial charge in [-0.15, -0.1) is 10.2 Å². The van der Waals surface area contributed by atoms with Crippen LogP contribution < -0.4 is 15.4 Å². The fourth-order valence-corrected chi connectivity index (χ4v) is 4.20. The number of carbonyl (C=O) groups excluding carboxylic acids is 2. The molecule has 0 spiro atoms. The molecular formula is C19H16F3N5O4S2. The number of halogens is 3. The summed E-state index contributed by atoms with van der Waals surface area (Å²) in [6.07, 6.45) is -5.07. The number of benzene rings is 2. The van der Waals surface area contributed by atoms with E-state index in [1.165, 1.54) is 30.3 Å². The second kappa shape index (κ2) is 9.64. The Morgan fingerprint density at radius 1 is 1.03 bits per heavy atom. The lowest BCUT2D eigenvalue weighted by atomic mass is 10.2. The highest BCUT2D eigenvalue weighted by Gasteiger charge is 2.38. The Kier molecular flexibility index (Phi) is 7.09. The molecule has 1 aromatic heterocycles. The number of hydrogen-bond acceptors (Lipinski definition) is 7. The minimum Gasteiger partial charge on any atom is -0.318 e. The van der Waals surface area contributed by atoms with Crippen LogP contribution in [0.2, 0.25) is 0 Å². The molecule has 0 saturated carbocycles. The van der Waals surface area contributed by atoms with E-state index < -0.39 is 28.0 Å². The maximum Gasteiger partial charge on any atom is 0.471 e. The average molecular weight is 499 g/mol. The van der Waals surface area contributed by atoms with Gasteiger partial charge in [-0.1, -0.05) is 35.1 Å². The van der Waals surface area contributed by atoms with Gasteiger partial charge in [-0.2, -0.15) is 13.2 Å². The molecule has 174 valence electrons. The molecule has 3 aromatic rings. The first kappa shape index (κ1) is 24.3. The predicted molar refractivity (Wildman–Crippen MR) is 114 cm³/mol. The summed E-state index contributed by atoms with van der Waals surface area (Å²) in [5.41, 5.74) is 0.659. The molecule has 0 fully saturated rings. The van der Waals surface area contributed by atoms with Gasteiger partial charge in [0.2, 0.25) is 15.2 Å². The van der Waals surface area contributed by atoms with E-state index >= 15 is 0 Å². The van der Waals surface area contributed by atoms with E-state index in [-0.39, 0.29) is 32.8 Å². The number of aromatic nitrogens is 2. The first-order chi connectivity index (χ1) is 15.4. The molecule has 0 radical (unpaired) electrons. The van der Waals surface area contributed by atoms with Gasteiger partial charge in [-0.25, -0.2) is 13.1 Å². The van der Waals surface area contributed by atoms with Crippen LogP contribution >= 0.6 is 11.3 Å². The third-order valence-electron chi connectivity index (χ3n) is 4.07. The van der Waals surface area contributed by atoms with Crippen molar-refractivity contribution in [3.8, 4) is 0 Å². The number of nitrogens with one attached hydrogen (secondary N) is 3. The van der Waals surface area contributed by atoms with Gasteiger partial charge in [0.1, 0.15) is 5.01 Å². The van der Waals surface area contributed by atoms with Crippen molar-refractivity contribution < 1.29 is 31.2 Å². The molecule has 2 aromatic carbocycles. The van der Waals surface area contributed by atoms with Crippen LogP contribution in [0.25, 0.3) is 0 Å². The molecule has 14 heteroatoms. The second-order valence-corrected chi connectivity index (χ2v) is 9.45. The zero-order valence-corrected chi connectivity index (χ0v) is 18.4.